The van der Waals surface area contributed by atoms with E-state index in [1.165, 1.54) is 5.69 Å². The maximum atomic E-state index is 5.56. The van der Waals surface area contributed by atoms with Gasteiger partial charge in [0, 0.05) is 6.04 Å². The van der Waals surface area contributed by atoms with Gasteiger partial charge in [-0.1, -0.05) is 26.0 Å². The highest BCUT2D eigenvalue weighted by Gasteiger charge is 2.18. The van der Waals surface area contributed by atoms with Crippen molar-refractivity contribution in [3.8, 4) is 5.75 Å². The van der Waals surface area contributed by atoms with Crippen molar-refractivity contribution in [1.29, 1.82) is 0 Å². The van der Waals surface area contributed by atoms with Gasteiger partial charge in [0.2, 0.25) is 0 Å². The second kappa shape index (κ2) is 5.64. The summed E-state index contributed by atoms with van der Waals surface area (Å²) in [5, 5.41) is 0. The van der Waals surface area contributed by atoms with Crippen molar-refractivity contribution in [3.63, 3.8) is 0 Å². The Labute approximate surface area is 92.9 Å². The van der Waals surface area contributed by atoms with Crippen LogP contribution in [-0.2, 0) is 0 Å². The molecule has 0 radical (unpaired) electrons. The number of para-hydroxylation sites is 2. The van der Waals surface area contributed by atoms with Gasteiger partial charge in [0.05, 0.1) is 12.2 Å². The second-order valence-electron chi connectivity index (χ2n) is 3.60. The fraction of sp³-hybridized carbons (Fsp3) is 0.538. The zero-order valence-electron chi connectivity index (χ0n) is 10.2. The number of fused-ring (bicyclic) bond motifs is 1. The second-order valence-corrected chi connectivity index (χ2v) is 3.60. The van der Waals surface area contributed by atoms with Crippen LogP contribution in [0.1, 0.15) is 27.7 Å². The summed E-state index contributed by atoms with van der Waals surface area (Å²) >= 11 is 0. The number of hydrogen-bond donors (Lipinski definition) is 0. The first kappa shape index (κ1) is 11.9. The maximum absolute atomic E-state index is 5.56. The Kier molecular flexibility index (Phi) is 4.47. The Morgan fingerprint density at radius 1 is 1.20 bits per heavy atom. The van der Waals surface area contributed by atoms with Crippen molar-refractivity contribution in [2.75, 3.05) is 18.1 Å². The molecule has 0 atom stereocenters. The van der Waals surface area contributed by atoms with E-state index in [1.54, 1.807) is 0 Å². The quantitative estimate of drug-likeness (QED) is 0.700. The molecule has 0 aromatic heterocycles. The molecule has 1 heterocycles. The summed E-state index contributed by atoms with van der Waals surface area (Å²) < 4.78 is 5.56. The molecule has 0 spiro atoms. The van der Waals surface area contributed by atoms with Crippen LogP contribution >= 0.6 is 0 Å². The Morgan fingerprint density at radius 2 is 1.87 bits per heavy atom. The molecule has 1 aromatic carbocycles. The number of nitrogens with zero attached hydrogens (tertiary/aromatic N) is 1. The standard InChI is InChI=1S/C11H15NO.C2H6/c1-9(2)12-7-8-13-11-6-4-3-5-10(11)12;1-2/h3-6,9H,7-8H2,1-2H3;1-2H3. The predicted octanol–water partition coefficient (Wildman–Crippen LogP) is 3.32. The van der Waals surface area contributed by atoms with Crippen LogP contribution in [0.5, 0.6) is 5.75 Å². The summed E-state index contributed by atoms with van der Waals surface area (Å²) in [6.07, 6.45) is 0. The number of benzene rings is 1. The zero-order chi connectivity index (χ0) is 11.3. The third kappa shape index (κ3) is 2.65. The lowest BCUT2D eigenvalue weighted by atomic mass is 10.2. The largest absolute Gasteiger partial charge is 0.490 e. The average Bonchev–Trinajstić information content (AvgIpc) is 2.31. The van der Waals surface area contributed by atoms with Gasteiger partial charge in [-0.15, -0.1) is 0 Å². The van der Waals surface area contributed by atoms with Crippen LogP contribution in [0.3, 0.4) is 0 Å². The highest BCUT2D eigenvalue weighted by atomic mass is 16.5. The fourth-order valence-electron chi connectivity index (χ4n) is 1.73. The van der Waals surface area contributed by atoms with Crippen LogP contribution in [0, 0.1) is 0 Å². The highest BCUT2D eigenvalue weighted by molar-refractivity contribution is 5.60. The van der Waals surface area contributed by atoms with E-state index in [1.807, 2.05) is 26.0 Å². The Morgan fingerprint density at radius 3 is 2.53 bits per heavy atom. The lowest BCUT2D eigenvalue weighted by molar-refractivity contribution is 0.303. The first-order valence-corrected chi connectivity index (χ1v) is 5.77. The molecule has 0 aliphatic carbocycles. The molecule has 1 aliphatic rings. The molecule has 0 saturated carbocycles. The minimum atomic E-state index is 0.546. The van der Waals surface area contributed by atoms with Gasteiger partial charge >= 0.3 is 0 Å². The third-order valence-corrected chi connectivity index (χ3v) is 2.39. The first-order chi connectivity index (χ1) is 7.29. The van der Waals surface area contributed by atoms with E-state index in [0.717, 1.165) is 18.9 Å². The molecule has 2 nitrogen and oxygen atoms in total. The van der Waals surface area contributed by atoms with Crippen LogP contribution in [0.25, 0.3) is 0 Å². The molecule has 2 rings (SSSR count). The molecule has 0 unspecified atom stereocenters. The molecule has 84 valence electrons. The molecular weight excluding hydrogens is 186 g/mol. The fourth-order valence-corrected chi connectivity index (χ4v) is 1.73. The van der Waals surface area contributed by atoms with Crippen molar-refractivity contribution < 1.29 is 4.74 Å². The summed E-state index contributed by atoms with van der Waals surface area (Å²) in [6, 6.07) is 8.77. The van der Waals surface area contributed by atoms with Gasteiger partial charge in [-0.3, -0.25) is 0 Å². The van der Waals surface area contributed by atoms with Crippen LogP contribution in [0.2, 0.25) is 0 Å². The molecular formula is C13H21NO. The molecule has 0 N–H and O–H groups in total. The van der Waals surface area contributed by atoms with E-state index < -0.39 is 0 Å². The minimum Gasteiger partial charge on any atom is -0.490 e. The minimum absolute atomic E-state index is 0.546. The number of ether oxygens (including phenoxy) is 1. The van der Waals surface area contributed by atoms with E-state index in [0.29, 0.717) is 6.04 Å². The van der Waals surface area contributed by atoms with E-state index in [2.05, 4.69) is 30.9 Å². The van der Waals surface area contributed by atoms with Gasteiger partial charge in [0.25, 0.3) is 0 Å². The van der Waals surface area contributed by atoms with Crippen molar-refractivity contribution in [1.82, 2.24) is 0 Å². The van der Waals surface area contributed by atoms with Gasteiger partial charge in [0.15, 0.2) is 0 Å². The molecule has 0 fully saturated rings. The smallest absolute Gasteiger partial charge is 0.142 e. The topological polar surface area (TPSA) is 12.5 Å². The Bertz CT molecular complexity index is 296. The lowest BCUT2D eigenvalue weighted by Gasteiger charge is -2.34. The van der Waals surface area contributed by atoms with Crippen LogP contribution in [0.15, 0.2) is 24.3 Å². The molecule has 0 bridgehead atoms. The number of anilines is 1. The van der Waals surface area contributed by atoms with E-state index in [9.17, 15) is 0 Å². The highest BCUT2D eigenvalue weighted by Crippen LogP contribution is 2.31. The summed E-state index contributed by atoms with van der Waals surface area (Å²) in [5.41, 5.74) is 1.23. The Balaban J connectivity index is 0.000000531. The van der Waals surface area contributed by atoms with Gasteiger partial charge in [-0.2, -0.15) is 0 Å². The van der Waals surface area contributed by atoms with Crippen molar-refractivity contribution in [2.24, 2.45) is 0 Å². The predicted molar refractivity (Wildman–Crippen MR) is 65.8 cm³/mol. The molecule has 15 heavy (non-hydrogen) atoms. The molecule has 1 aliphatic heterocycles. The van der Waals surface area contributed by atoms with Gasteiger partial charge in [-0.25, -0.2) is 0 Å². The zero-order valence-corrected chi connectivity index (χ0v) is 10.2. The summed E-state index contributed by atoms with van der Waals surface area (Å²) in [7, 11) is 0. The molecule has 0 saturated heterocycles. The molecule has 1 aromatic rings. The van der Waals surface area contributed by atoms with Crippen LogP contribution < -0.4 is 9.64 Å². The van der Waals surface area contributed by atoms with Crippen molar-refractivity contribution in [2.45, 2.75) is 33.7 Å². The van der Waals surface area contributed by atoms with E-state index >= 15 is 0 Å². The van der Waals surface area contributed by atoms with Gasteiger partial charge in [0.1, 0.15) is 12.4 Å². The average molecular weight is 207 g/mol. The first-order valence-electron chi connectivity index (χ1n) is 5.77. The summed E-state index contributed by atoms with van der Waals surface area (Å²) in [5.74, 6) is 1.02. The summed E-state index contributed by atoms with van der Waals surface area (Å²) in [6.45, 7) is 10.2. The van der Waals surface area contributed by atoms with E-state index in [-0.39, 0.29) is 0 Å². The lowest BCUT2D eigenvalue weighted by Crippen LogP contribution is -2.37. The maximum Gasteiger partial charge on any atom is 0.142 e. The monoisotopic (exact) mass is 207 g/mol. The van der Waals surface area contributed by atoms with E-state index in [4.69, 9.17) is 4.74 Å². The normalized spacial score (nSPS) is 13.8. The Hall–Kier alpha value is -1.18. The number of hydrogen-bond acceptors (Lipinski definition) is 2. The van der Waals surface area contributed by atoms with Crippen LogP contribution in [0.4, 0.5) is 5.69 Å². The van der Waals surface area contributed by atoms with Crippen LogP contribution in [-0.4, -0.2) is 19.2 Å². The van der Waals surface area contributed by atoms with Crippen molar-refractivity contribution in [3.05, 3.63) is 24.3 Å². The van der Waals surface area contributed by atoms with Gasteiger partial charge < -0.3 is 9.64 Å². The molecule has 2 heteroatoms. The van der Waals surface area contributed by atoms with Gasteiger partial charge in [-0.05, 0) is 26.0 Å². The van der Waals surface area contributed by atoms with Crippen molar-refractivity contribution >= 4 is 5.69 Å². The summed E-state index contributed by atoms with van der Waals surface area (Å²) in [4.78, 5) is 2.37. The third-order valence-electron chi connectivity index (χ3n) is 2.39. The molecule has 0 amide bonds. The number of rotatable bonds is 1. The SMILES string of the molecule is CC.CC(C)N1CCOc2ccccc21.